The van der Waals surface area contributed by atoms with Crippen molar-refractivity contribution in [1.29, 1.82) is 0 Å². The minimum absolute atomic E-state index is 0.0551. The van der Waals surface area contributed by atoms with Gasteiger partial charge in [-0.2, -0.15) is 0 Å². The summed E-state index contributed by atoms with van der Waals surface area (Å²) >= 11 is 5.85. The molecule has 0 fully saturated rings. The Bertz CT molecular complexity index is 596. The molecule has 1 N–H and O–H groups in total. The summed E-state index contributed by atoms with van der Waals surface area (Å²) in [4.78, 5) is 18.2. The van der Waals surface area contributed by atoms with Gasteiger partial charge in [-0.05, 0) is 36.8 Å². The van der Waals surface area contributed by atoms with E-state index in [1.54, 1.807) is 24.2 Å². The summed E-state index contributed by atoms with van der Waals surface area (Å²) < 4.78 is 0. The third kappa shape index (κ3) is 4.20. The standard InChI is InChI=1S/C16H18ClN3O/c1-3-18-15-9-6-13(10-19-15)16(21)20(2)11-12-4-7-14(17)8-5-12/h4-10H,3,11H2,1-2H3,(H,18,19). The minimum atomic E-state index is -0.0551. The van der Waals surface area contributed by atoms with Crippen LogP contribution in [0.1, 0.15) is 22.8 Å². The second-order valence-corrected chi connectivity index (χ2v) is 5.19. The topological polar surface area (TPSA) is 45.2 Å². The zero-order chi connectivity index (χ0) is 15.2. The van der Waals surface area contributed by atoms with Gasteiger partial charge in [-0.15, -0.1) is 0 Å². The number of hydrogen-bond acceptors (Lipinski definition) is 3. The van der Waals surface area contributed by atoms with Crippen molar-refractivity contribution in [2.24, 2.45) is 0 Å². The van der Waals surface area contributed by atoms with Gasteiger partial charge in [0, 0.05) is 31.4 Å². The van der Waals surface area contributed by atoms with Crippen LogP contribution in [0.2, 0.25) is 5.02 Å². The molecule has 0 aliphatic heterocycles. The second-order valence-electron chi connectivity index (χ2n) is 4.75. The Labute approximate surface area is 129 Å². The molecule has 0 aliphatic rings. The lowest BCUT2D eigenvalue weighted by Crippen LogP contribution is -2.26. The number of pyridine rings is 1. The number of nitrogens with zero attached hydrogens (tertiary/aromatic N) is 2. The highest BCUT2D eigenvalue weighted by Gasteiger charge is 2.12. The van der Waals surface area contributed by atoms with Crippen molar-refractivity contribution in [3.63, 3.8) is 0 Å². The Morgan fingerprint density at radius 3 is 2.52 bits per heavy atom. The van der Waals surface area contributed by atoms with E-state index in [-0.39, 0.29) is 5.91 Å². The van der Waals surface area contributed by atoms with Crippen LogP contribution in [0.15, 0.2) is 42.6 Å². The molecule has 1 amide bonds. The van der Waals surface area contributed by atoms with Gasteiger partial charge in [-0.25, -0.2) is 4.98 Å². The quantitative estimate of drug-likeness (QED) is 0.920. The number of halogens is 1. The molecule has 4 nitrogen and oxygen atoms in total. The van der Waals surface area contributed by atoms with Crippen LogP contribution in [0.4, 0.5) is 5.82 Å². The van der Waals surface area contributed by atoms with Crippen LogP contribution in [0.5, 0.6) is 0 Å². The highest BCUT2D eigenvalue weighted by atomic mass is 35.5. The van der Waals surface area contributed by atoms with Crippen LogP contribution in [0, 0.1) is 0 Å². The molecule has 0 unspecified atom stereocenters. The number of benzene rings is 1. The molecule has 0 bridgehead atoms. The van der Waals surface area contributed by atoms with Crippen molar-refractivity contribution < 1.29 is 4.79 Å². The van der Waals surface area contributed by atoms with E-state index in [0.717, 1.165) is 17.9 Å². The van der Waals surface area contributed by atoms with Crippen LogP contribution < -0.4 is 5.32 Å². The first-order valence-electron chi connectivity index (χ1n) is 6.80. The van der Waals surface area contributed by atoms with E-state index in [0.29, 0.717) is 17.1 Å². The van der Waals surface area contributed by atoms with Gasteiger partial charge >= 0.3 is 0 Å². The van der Waals surface area contributed by atoms with E-state index in [4.69, 9.17) is 11.6 Å². The van der Waals surface area contributed by atoms with Crippen molar-refractivity contribution in [2.45, 2.75) is 13.5 Å². The van der Waals surface area contributed by atoms with Crippen molar-refractivity contribution in [3.05, 3.63) is 58.7 Å². The first-order chi connectivity index (χ1) is 10.1. The largest absolute Gasteiger partial charge is 0.370 e. The normalized spacial score (nSPS) is 10.2. The Balaban J connectivity index is 2.02. The van der Waals surface area contributed by atoms with Crippen LogP contribution in [-0.4, -0.2) is 29.4 Å². The van der Waals surface area contributed by atoms with Gasteiger partial charge in [-0.3, -0.25) is 4.79 Å². The van der Waals surface area contributed by atoms with Crippen LogP contribution in [0.3, 0.4) is 0 Å². The molecule has 2 rings (SSSR count). The molecule has 0 aliphatic carbocycles. The van der Waals surface area contributed by atoms with E-state index in [9.17, 15) is 4.79 Å². The summed E-state index contributed by atoms with van der Waals surface area (Å²) in [5.74, 6) is 0.718. The number of carbonyl (C=O) groups excluding carboxylic acids is 1. The lowest BCUT2D eigenvalue weighted by Gasteiger charge is -2.17. The maximum Gasteiger partial charge on any atom is 0.255 e. The van der Waals surface area contributed by atoms with Crippen molar-refractivity contribution >= 4 is 23.3 Å². The van der Waals surface area contributed by atoms with Gasteiger partial charge in [0.05, 0.1) is 5.56 Å². The van der Waals surface area contributed by atoms with Gasteiger partial charge in [0.1, 0.15) is 5.82 Å². The number of aromatic nitrogens is 1. The fourth-order valence-corrected chi connectivity index (χ4v) is 2.09. The molecule has 1 heterocycles. The SMILES string of the molecule is CCNc1ccc(C(=O)N(C)Cc2ccc(Cl)cc2)cn1. The Kier molecular flexibility index (Phi) is 5.17. The van der Waals surface area contributed by atoms with Crippen LogP contribution >= 0.6 is 11.6 Å². The van der Waals surface area contributed by atoms with E-state index in [2.05, 4.69) is 10.3 Å². The van der Waals surface area contributed by atoms with Gasteiger partial charge in [0.15, 0.2) is 0 Å². The number of amides is 1. The predicted octanol–water partition coefficient (Wildman–Crippen LogP) is 3.44. The second kappa shape index (κ2) is 7.09. The highest BCUT2D eigenvalue weighted by molar-refractivity contribution is 6.30. The Hall–Kier alpha value is -2.07. The Morgan fingerprint density at radius 1 is 1.24 bits per heavy atom. The summed E-state index contributed by atoms with van der Waals surface area (Å²) in [6.07, 6.45) is 1.60. The van der Waals surface area contributed by atoms with E-state index in [1.807, 2.05) is 37.3 Å². The third-order valence-electron chi connectivity index (χ3n) is 3.05. The number of carbonyl (C=O) groups is 1. The smallest absolute Gasteiger partial charge is 0.255 e. The molecular weight excluding hydrogens is 286 g/mol. The minimum Gasteiger partial charge on any atom is -0.370 e. The average Bonchev–Trinajstić information content (AvgIpc) is 2.50. The van der Waals surface area contributed by atoms with Crippen molar-refractivity contribution in [1.82, 2.24) is 9.88 Å². The maximum atomic E-state index is 12.3. The van der Waals surface area contributed by atoms with Crippen LogP contribution in [0.25, 0.3) is 0 Å². The molecule has 110 valence electrons. The molecule has 0 spiro atoms. The lowest BCUT2D eigenvalue weighted by atomic mass is 10.2. The fourth-order valence-electron chi connectivity index (χ4n) is 1.96. The summed E-state index contributed by atoms with van der Waals surface area (Å²) in [6.45, 7) is 3.34. The average molecular weight is 304 g/mol. The maximum absolute atomic E-state index is 12.3. The zero-order valence-corrected chi connectivity index (χ0v) is 12.9. The van der Waals surface area contributed by atoms with E-state index < -0.39 is 0 Å². The third-order valence-corrected chi connectivity index (χ3v) is 3.30. The predicted molar refractivity (Wildman–Crippen MR) is 85.7 cm³/mol. The molecule has 0 saturated heterocycles. The van der Waals surface area contributed by atoms with Gasteiger partial charge in [0.2, 0.25) is 0 Å². The molecule has 1 aromatic carbocycles. The van der Waals surface area contributed by atoms with Crippen LogP contribution in [-0.2, 0) is 6.54 Å². The molecule has 0 saturated carbocycles. The summed E-state index contributed by atoms with van der Waals surface area (Å²) in [6, 6.07) is 11.1. The Morgan fingerprint density at radius 2 is 1.95 bits per heavy atom. The summed E-state index contributed by atoms with van der Waals surface area (Å²) in [7, 11) is 1.77. The zero-order valence-electron chi connectivity index (χ0n) is 12.1. The van der Waals surface area contributed by atoms with Gasteiger partial charge in [0.25, 0.3) is 5.91 Å². The first-order valence-corrected chi connectivity index (χ1v) is 7.17. The van der Waals surface area contributed by atoms with E-state index in [1.165, 1.54) is 0 Å². The molecule has 1 aromatic heterocycles. The number of nitrogens with one attached hydrogen (secondary N) is 1. The van der Waals surface area contributed by atoms with E-state index >= 15 is 0 Å². The van der Waals surface area contributed by atoms with Gasteiger partial charge in [-0.1, -0.05) is 23.7 Å². The summed E-state index contributed by atoms with van der Waals surface area (Å²) in [5, 5.41) is 3.79. The van der Waals surface area contributed by atoms with Gasteiger partial charge < -0.3 is 10.2 Å². The molecule has 5 heteroatoms. The molecule has 0 radical (unpaired) electrons. The van der Waals surface area contributed by atoms with Crippen molar-refractivity contribution in [2.75, 3.05) is 18.9 Å². The first kappa shape index (κ1) is 15.3. The molecular formula is C16H18ClN3O. The molecule has 2 aromatic rings. The summed E-state index contributed by atoms with van der Waals surface area (Å²) in [5.41, 5.74) is 1.61. The fraction of sp³-hybridized carbons (Fsp3) is 0.250. The monoisotopic (exact) mass is 303 g/mol. The number of hydrogen-bond donors (Lipinski definition) is 1. The molecule has 0 atom stereocenters. The molecule has 21 heavy (non-hydrogen) atoms. The van der Waals surface area contributed by atoms with Crippen molar-refractivity contribution in [3.8, 4) is 0 Å². The lowest BCUT2D eigenvalue weighted by molar-refractivity contribution is 0.0784. The highest BCUT2D eigenvalue weighted by Crippen LogP contribution is 2.13. The number of rotatable bonds is 5. The number of anilines is 1.